The molecule has 3 heteroatoms. The van der Waals surface area contributed by atoms with E-state index in [1.165, 1.54) is 7.11 Å². The minimum Gasteiger partial charge on any atom is -0.496 e. The largest absolute Gasteiger partial charge is 0.496 e. The molecule has 0 fully saturated rings. The predicted octanol–water partition coefficient (Wildman–Crippen LogP) is 1.90. The first kappa shape index (κ1) is 11.7. The van der Waals surface area contributed by atoms with Gasteiger partial charge in [0.15, 0.2) is 5.78 Å². The van der Waals surface area contributed by atoms with E-state index >= 15 is 0 Å². The zero-order chi connectivity index (χ0) is 11.3. The SMILES string of the molecule is CCC(CO)C(=O)c1ccccc1OC. The number of ether oxygens (including phenoxy) is 1. The van der Waals surface area contributed by atoms with Gasteiger partial charge in [-0.05, 0) is 18.6 Å². The number of aliphatic hydroxyl groups is 1. The number of carbonyl (C=O) groups excluding carboxylic acids is 1. The van der Waals surface area contributed by atoms with Crippen molar-refractivity contribution in [3.63, 3.8) is 0 Å². The number of benzene rings is 1. The molecule has 1 aromatic carbocycles. The number of Topliss-reactive ketones (excluding diaryl/α,β-unsaturated/α-hetero) is 1. The van der Waals surface area contributed by atoms with Gasteiger partial charge in [-0.2, -0.15) is 0 Å². The standard InChI is InChI=1S/C12H16O3/c1-3-9(8-13)12(14)10-6-4-5-7-11(10)15-2/h4-7,9,13H,3,8H2,1-2H3. The second-order valence-corrected chi connectivity index (χ2v) is 3.35. The molecule has 0 aliphatic carbocycles. The second-order valence-electron chi connectivity index (χ2n) is 3.35. The quantitative estimate of drug-likeness (QED) is 0.752. The molecule has 0 spiro atoms. The highest BCUT2D eigenvalue weighted by atomic mass is 16.5. The molecule has 1 N–H and O–H groups in total. The van der Waals surface area contributed by atoms with E-state index < -0.39 is 0 Å². The van der Waals surface area contributed by atoms with E-state index in [2.05, 4.69) is 0 Å². The van der Waals surface area contributed by atoms with Gasteiger partial charge < -0.3 is 9.84 Å². The first-order chi connectivity index (χ1) is 7.24. The third-order valence-corrected chi connectivity index (χ3v) is 2.46. The lowest BCUT2D eigenvalue weighted by atomic mass is 9.95. The third-order valence-electron chi connectivity index (χ3n) is 2.46. The molecular weight excluding hydrogens is 192 g/mol. The van der Waals surface area contributed by atoms with E-state index in [4.69, 9.17) is 9.84 Å². The molecule has 0 aromatic heterocycles. The zero-order valence-electron chi connectivity index (χ0n) is 9.06. The van der Waals surface area contributed by atoms with Crippen LogP contribution < -0.4 is 4.74 Å². The number of methoxy groups -OCH3 is 1. The third kappa shape index (κ3) is 2.57. The van der Waals surface area contributed by atoms with Crippen LogP contribution in [0.5, 0.6) is 5.75 Å². The van der Waals surface area contributed by atoms with Gasteiger partial charge >= 0.3 is 0 Å². The molecule has 15 heavy (non-hydrogen) atoms. The molecule has 0 saturated carbocycles. The van der Waals surface area contributed by atoms with Crippen molar-refractivity contribution in [2.24, 2.45) is 5.92 Å². The average molecular weight is 208 g/mol. The van der Waals surface area contributed by atoms with Gasteiger partial charge in [0.2, 0.25) is 0 Å². The molecule has 0 bridgehead atoms. The van der Waals surface area contributed by atoms with Gasteiger partial charge in [-0.15, -0.1) is 0 Å². The fourth-order valence-corrected chi connectivity index (χ4v) is 1.47. The summed E-state index contributed by atoms with van der Waals surface area (Å²) in [7, 11) is 1.53. The van der Waals surface area contributed by atoms with Crippen molar-refractivity contribution in [1.29, 1.82) is 0 Å². The average Bonchev–Trinajstić information content (AvgIpc) is 2.30. The summed E-state index contributed by atoms with van der Waals surface area (Å²) in [4.78, 5) is 11.9. The molecule has 1 aromatic rings. The van der Waals surface area contributed by atoms with Crippen LogP contribution in [0.1, 0.15) is 23.7 Å². The van der Waals surface area contributed by atoms with Crippen LogP contribution >= 0.6 is 0 Å². The van der Waals surface area contributed by atoms with Gasteiger partial charge in [0.25, 0.3) is 0 Å². The van der Waals surface area contributed by atoms with Gasteiger partial charge in [0, 0.05) is 5.92 Å². The van der Waals surface area contributed by atoms with Gasteiger partial charge in [-0.3, -0.25) is 4.79 Å². The Balaban J connectivity index is 2.99. The molecule has 0 heterocycles. The first-order valence-corrected chi connectivity index (χ1v) is 5.02. The Morgan fingerprint density at radius 3 is 2.67 bits per heavy atom. The Bertz CT molecular complexity index is 329. The Morgan fingerprint density at radius 1 is 1.47 bits per heavy atom. The van der Waals surface area contributed by atoms with Gasteiger partial charge in [0.05, 0.1) is 19.3 Å². The van der Waals surface area contributed by atoms with E-state index in [0.29, 0.717) is 17.7 Å². The predicted molar refractivity (Wildman–Crippen MR) is 58.2 cm³/mol. The maximum Gasteiger partial charge on any atom is 0.171 e. The molecule has 1 atom stereocenters. The summed E-state index contributed by atoms with van der Waals surface area (Å²) in [5, 5.41) is 9.06. The fraction of sp³-hybridized carbons (Fsp3) is 0.417. The number of carbonyl (C=O) groups is 1. The minimum atomic E-state index is -0.332. The second kappa shape index (κ2) is 5.51. The van der Waals surface area contributed by atoms with Crippen LogP contribution in [-0.4, -0.2) is 24.6 Å². The van der Waals surface area contributed by atoms with Crippen molar-refractivity contribution < 1.29 is 14.6 Å². The van der Waals surface area contributed by atoms with Crippen LogP contribution in [0.15, 0.2) is 24.3 Å². The summed E-state index contributed by atoms with van der Waals surface area (Å²) in [6.07, 6.45) is 0.632. The van der Waals surface area contributed by atoms with E-state index in [1.807, 2.05) is 13.0 Å². The molecule has 1 unspecified atom stereocenters. The molecule has 0 aliphatic heterocycles. The lowest BCUT2D eigenvalue weighted by Crippen LogP contribution is -2.18. The molecule has 0 radical (unpaired) electrons. The van der Waals surface area contributed by atoms with E-state index in [9.17, 15) is 4.79 Å². The van der Waals surface area contributed by atoms with Crippen LogP contribution in [0, 0.1) is 5.92 Å². The molecule has 3 nitrogen and oxygen atoms in total. The molecule has 82 valence electrons. The topological polar surface area (TPSA) is 46.5 Å². The Kier molecular flexibility index (Phi) is 4.31. The van der Waals surface area contributed by atoms with E-state index in [-0.39, 0.29) is 18.3 Å². The van der Waals surface area contributed by atoms with E-state index in [0.717, 1.165) is 0 Å². The number of para-hydroxylation sites is 1. The summed E-state index contributed by atoms with van der Waals surface area (Å²) < 4.78 is 5.10. The minimum absolute atomic E-state index is 0.0579. The highest BCUT2D eigenvalue weighted by molar-refractivity contribution is 6.00. The van der Waals surface area contributed by atoms with Crippen LogP contribution in [-0.2, 0) is 0 Å². The highest BCUT2D eigenvalue weighted by Gasteiger charge is 2.20. The lowest BCUT2D eigenvalue weighted by Gasteiger charge is -2.12. The van der Waals surface area contributed by atoms with Crippen molar-refractivity contribution in [2.75, 3.05) is 13.7 Å². The summed E-state index contributed by atoms with van der Waals surface area (Å²) in [6, 6.07) is 7.08. The number of rotatable bonds is 5. The van der Waals surface area contributed by atoms with Crippen LogP contribution in [0.25, 0.3) is 0 Å². The summed E-state index contributed by atoms with van der Waals surface area (Å²) in [5.41, 5.74) is 0.543. The normalized spacial score (nSPS) is 12.2. The molecule has 0 saturated heterocycles. The smallest absolute Gasteiger partial charge is 0.171 e. The molecular formula is C12H16O3. The van der Waals surface area contributed by atoms with Crippen molar-refractivity contribution in [2.45, 2.75) is 13.3 Å². The molecule has 0 amide bonds. The number of hydrogen-bond acceptors (Lipinski definition) is 3. The number of aliphatic hydroxyl groups excluding tert-OH is 1. The number of ketones is 1. The van der Waals surface area contributed by atoms with Crippen molar-refractivity contribution in [1.82, 2.24) is 0 Å². The maximum atomic E-state index is 11.9. The van der Waals surface area contributed by atoms with Crippen molar-refractivity contribution >= 4 is 5.78 Å². The van der Waals surface area contributed by atoms with Crippen molar-refractivity contribution in [3.8, 4) is 5.75 Å². The Labute approximate surface area is 89.7 Å². The monoisotopic (exact) mass is 208 g/mol. The summed E-state index contributed by atoms with van der Waals surface area (Å²) in [6.45, 7) is 1.77. The van der Waals surface area contributed by atoms with Crippen LogP contribution in [0.2, 0.25) is 0 Å². The van der Waals surface area contributed by atoms with Crippen LogP contribution in [0.3, 0.4) is 0 Å². The fourth-order valence-electron chi connectivity index (χ4n) is 1.47. The van der Waals surface area contributed by atoms with Gasteiger partial charge in [-0.1, -0.05) is 19.1 Å². The molecule has 0 aliphatic rings. The van der Waals surface area contributed by atoms with Gasteiger partial charge in [0.1, 0.15) is 5.75 Å². The summed E-state index contributed by atoms with van der Waals surface area (Å²) >= 11 is 0. The lowest BCUT2D eigenvalue weighted by molar-refractivity contribution is 0.0853. The number of hydrogen-bond donors (Lipinski definition) is 1. The van der Waals surface area contributed by atoms with Gasteiger partial charge in [-0.25, -0.2) is 0 Å². The highest BCUT2D eigenvalue weighted by Crippen LogP contribution is 2.21. The van der Waals surface area contributed by atoms with Crippen LogP contribution in [0.4, 0.5) is 0 Å². The summed E-state index contributed by atoms with van der Waals surface area (Å²) in [5.74, 6) is 0.174. The van der Waals surface area contributed by atoms with E-state index in [1.54, 1.807) is 18.2 Å². The maximum absolute atomic E-state index is 11.9. The first-order valence-electron chi connectivity index (χ1n) is 5.02. The Morgan fingerprint density at radius 2 is 2.13 bits per heavy atom. The Hall–Kier alpha value is -1.35. The molecule has 1 rings (SSSR count). The van der Waals surface area contributed by atoms with Crippen molar-refractivity contribution in [3.05, 3.63) is 29.8 Å². The zero-order valence-corrected chi connectivity index (χ0v) is 9.06.